The first-order valence-corrected chi connectivity index (χ1v) is 13.5. The summed E-state index contributed by atoms with van der Waals surface area (Å²) in [5.74, 6) is -3.11. The van der Waals surface area contributed by atoms with E-state index in [0.29, 0.717) is 53.2 Å². The van der Waals surface area contributed by atoms with E-state index in [1.54, 1.807) is 33.7 Å². The molecule has 2 fully saturated rings. The monoisotopic (exact) mass is 547 g/mol. The van der Waals surface area contributed by atoms with Crippen LogP contribution >= 0.6 is 11.6 Å². The van der Waals surface area contributed by atoms with Gasteiger partial charge in [0.2, 0.25) is 11.8 Å². The molecule has 5 rings (SSSR count). The molecule has 3 aromatic rings. The van der Waals surface area contributed by atoms with Crippen molar-refractivity contribution in [1.29, 1.82) is 0 Å². The molecule has 1 aliphatic carbocycles. The van der Waals surface area contributed by atoms with Crippen LogP contribution < -0.4 is 10.6 Å². The number of hydrogen-bond donors (Lipinski definition) is 2. The van der Waals surface area contributed by atoms with Gasteiger partial charge in [0.05, 0.1) is 28.6 Å². The van der Waals surface area contributed by atoms with E-state index in [-0.39, 0.29) is 49.3 Å². The molecule has 0 bridgehead atoms. The molecule has 1 unspecified atom stereocenters. The molecule has 0 aromatic carbocycles. The Morgan fingerprint density at radius 1 is 1.34 bits per heavy atom. The van der Waals surface area contributed by atoms with Crippen molar-refractivity contribution in [1.82, 2.24) is 35.0 Å². The molecule has 2 amide bonds. The first-order valence-electron chi connectivity index (χ1n) is 13.2. The van der Waals surface area contributed by atoms with Crippen molar-refractivity contribution in [2.75, 3.05) is 6.54 Å². The lowest BCUT2D eigenvalue weighted by Crippen LogP contribution is -2.41. The summed E-state index contributed by atoms with van der Waals surface area (Å²) in [7, 11) is 0. The quantitative estimate of drug-likeness (QED) is 0.461. The van der Waals surface area contributed by atoms with E-state index in [4.69, 9.17) is 11.6 Å². The average molecular weight is 548 g/mol. The molecule has 12 heteroatoms. The maximum absolute atomic E-state index is 14.0. The highest BCUT2D eigenvalue weighted by Gasteiger charge is 2.39. The van der Waals surface area contributed by atoms with E-state index < -0.39 is 12.0 Å². The number of piperidine rings is 1. The van der Waals surface area contributed by atoms with Crippen molar-refractivity contribution in [3.8, 4) is 0 Å². The molecule has 3 aromatic heterocycles. The number of fused-ring (bicyclic) bond motifs is 1. The molecule has 0 spiro atoms. The van der Waals surface area contributed by atoms with Gasteiger partial charge in [-0.2, -0.15) is 10.2 Å². The van der Waals surface area contributed by atoms with Gasteiger partial charge in [-0.25, -0.2) is 18.3 Å². The van der Waals surface area contributed by atoms with Crippen LogP contribution in [0.3, 0.4) is 0 Å². The molecule has 1 aliphatic heterocycles. The van der Waals surface area contributed by atoms with Crippen LogP contribution in [0.1, 0.15) is 73.9 Å². The van der Waals surface area contributed by atoms with Crippen LogP contribution in [0, 0.1) is 17.8 Å². The maximum Gasteiger partial charge on any atom is 0.270 e. The number of carbonyl (C=O) groups is 2. The summed E-state index contributed by atoms with van der Waals surface area (Å²) in [4.78, 5) is 30.3. The Morgan fingerprint density at radius 3 is 2.84 bits per heavy atom. The van der Waals surface area contributed by atoms with E-state index in [0.717, 1.165) is 6.42 Å². The number of nitrogens with zero attached hydrogens (tertiary/aromatic N) is 5. The SMILES string of the molecule is CCn1nccc1C(=O)N[C@H](c1cn2nc(CC3C[C@@H](C)CNC3=O)c(Cl)cc2n1)C1CCC(F)(F)CC1. The Balaban J connectivity index is 1.44. The molecule has 1 saturated carbocycles. The molecular formula is C26H32ClF2N7O2. The molecule has 2 N–H and O–H groups in total. The third kappa shape index (κ3) is 5.52. The maximum atomic E-state index is 14.0. The van der Waals surface area contributed by atoms with Gasteiger partial charge in [-0.15, -0.1) is 0 Å². The fraction of sp³-hybridized carbons (Fsp3) is 0.577. The number of halogens is 3. The third-order valence-corrected chi connectivity index (χ3v) is 8.03. The molecule has 3 atom stereocenters. The van der Waals surface area contributed by atoms with Crippen molar-refractivity contribution >= 4 is 29.1 Å². The van der Waals surface area contributed by atoms with Gasteiger partial charge in [-0.1, -0.05) is 18.5 Å². The van der Waals surface area contributed by atoms with E-state index in [9.17, 15) is 18.4 Å². The Kier molecular flexibility index (Phi) is 7.39. The van der Waals surface area contributed by atoms with Gasteiger partial charge in [0.25, 0.3) is 5.91 Å². The minimum absolute atomic E-state index is 0.00409. The summed E-state index contributed by atoms with van der Waals surface area (Å²) in [6.07, 6.45) is 4.47. The molecule has 1 saturated heterocycles. The molecule has 38 heavy (non-hydrogen) atoms. The number of aromatic nitrogens is 5. The second-order valence-corrected chi connectivity index (χ2v) is 11.0. The minimum atomic E-state index is -2.70. The number of nitrogens with one attached hydrogen (secondary N) is 2. The number of rotatable bonds is 7. The Labute approximate surface area is 224 Å². The Hall–Kier alpha value is -3.08. The molecule has 9 nitrogen and oxygen atoms in total. The molecule has 4 heterocycles. The van der Waals surface area contributed by atoms with Gasteiger partial charge in [0, 0.05) is 50.5 Å². The number of hydrogen-bond acceptors (Lipinski definition) is 5. The Bertz CT molecular complexity index is 1330. The zero-order valence-corrected chi connectivity index (χ0v) is 22.2. The largest absolute Gasteiger partial charge is 0.356 e. The van der Waals surface area contributed by atoms with Gasteiger partial charge >= 0.3 is 0 Å². The normalized spacial score (nSPS) is 22.8. The second kappa shape index (κ2) is 10.6. The molecule has 0 radical (unpaired) electrons. The van der Waals surface area contributed by atoms with Crippen LogP contribution in [0.4, 0.5) is 8.78 Å². The van der Waals surface area contributed by atoms with E-state index >= 15 is 0 Å². The van der Waals surface area contributed by atoms with Crippen molar-refractivity contribution in [3.05, 3.63) is 46.6 Å². The molecule has 204 valence electrons. The number of alkyl halides is 2. The summed E-state index contributed by atoms with van der Waals surface area (Å²) in [6, 6.07) is 2.73. The van der Waals surface area contributed by atoms with Crippen molar-refractivity contribution < 1.29 is 18.4 Å². The summed E-state index contributed by atoms with van der Waals surface area (Å²) in [5.41, 5.74) is 1.99. The average Bonchev–Trinajstić information content (AvgIpc) is 3.52. The summed E-state index contributed by atoms with van der Waals surface area (Å²) >= 11 is 6.55. The number of amides is 2. The predicted molar refractivity (Wildman–Crippen MR) is 137 cm³/mol. The van der Waals surface area contributed by atoms with Gasteiger partial charge in [-0.3, -0.25) is 14.3 Å². The predicted octanol–water partition coefficient (Wildman–Crippen LogP) is 4.21. The fourth-order valence-electron chi connectivity index (χ4n) is 5.57. The fourth-order valence-corrected chi connectivity index (χ4v) is 5.78. The van der Waals surface area contributed by atoms with Crippen LogP contribution in [-0.2, 0) is 17.8 Å². The summed E-state index contributed by atoms with van der Waals surface area (Å²) in [5, 5.41) is 15.2. The van der Waals surface area contributed by atoms with Crippen LogP contribution in [0.2, 0.25) is 5.02 Å². The molecule has 2 aliphatic rings. The summed E-state index contributed by atoms with van der Waals surface area (Å²) in [6.45, 7) is 5.17. The van der Waals surface area contributed by atoms with Gasteiger partial charge < -0.3 is 10.6 Å². The lowest BCUT2D eigenvalue weighted by molar-refractivity contribution is -0.127. The zero-order chi connectivity index (χ0) is 27.0. The van der Waals surface area contributed by atoms with Gasteiger partial charge in [-0.05, 0) is 44.1 Å². The lowest BCUT2D eigenvalue weighted by Gasteiger charge is -2.33. The zero-order valence-electron chi connectivity index (χ0n) is 21.5. The highest BCUT2D eigenvalue weighted by atomic mass is 35.5. The Morgan fingerprint density at radius 2 is 2.11 bits per heavy atom. The van der Waals surface area contributed by atoms with Crippen LogP contribution in [0.5, 0.6) is 0 Å². The highest BCUT2D eigenvalue weighted by molar-refractivity contribution is 6.31. The van der Waals surface area contributed by atoms with E-state index in [1.807, 2.05) is 6.92 Å². The van der Waals surface area contributed by atoms with Crippen LogP contribution in [0.25, 0.3) is 5.65 Å². The lowest BCUT2D eigenvalue weighted by atomic mass is 9.81. The van der Waals surface area contributed by atoms with Crippen molar-refractivity contribution in [3.63, 3.8) is 0 Å². The van der Waals surface area contributed by atoms with Crippen molar-refractivity contribution in [2.24, 2.45) is 17.8 Å². The number of carbonyl (C=O) groups excluding carboxylic acids is 2. The van der Waals surface area contributed by atoms with Crippen LogP contribution in [0.15, 0.2) is 24.5 Å². The van der Waals surface area contributed by atoms with E-state index in [2.05, 4.69) is 32.7 Å². The minimum Gasteiger partial charge on any atom is -0.356 e. The third-order valence-electron chi connectivity index (χ3n) is 7.70. The smallest absolute Gasteiger partial charge is 0.270 e. The molecular weight excluding hydrogens is 516 g/mol. The van der Waals surface area contributed by atoms with Crippen LogP contribution in [-0.4, -0.2) is 48.7 Å². The van der Waals surface area contributed by atoms with Gasteiger partial charge in [0.15, 0.2) is 5.65 Å². The number of aryl methyl sites for hydroxylation is 1. The first kappa shape index (κ1) is 26.5. The highest BCUT2D eigenvalue weighted by Crippen LogP contribution is 2.41. The first-order chi connectivity index (χ1) is 18.1. The van der Waals surface area contributed by atoms with E-state index in [1.165, 1.54) is 0 Å². The van der Waals surface area contributed by atoms with Crippen molar-refractivity contribution in [2.45, 2.75) is 70.9 Å². The topological polar surface area (TPSA) is 106 Å². The standard InChI is InChI=1S/C26H32ClF2N7O2/c1-3-35-21(6-9-31-35)25(38)33-23(16-4-7-26(28,29)8-5-16)20-14-36-22(32-20)12-18(27)19(34-36)11-17-10-15(2)13-30-24(17)37/h6,9,12,14-17,23H,3-5,7-8,10-11,13H2,1-2H3,(H,30,37)(H,33,38)/t15-,17?,23+/m1/s1. The van der Waals surface area contributed by atoms with Gasteiger partial charge in [0.1, 0.15) is 5.69 Å². The summed E-state index contributed by atoms with van der Waals surface area (Å²) < 4.78 is 31.1. The number of imidazole rings is 1. The second-order valence-electron chi connectivity index (χ2n) is 10.6.